The lowest BCUT2D eigenvalue weighted by atomic mass is 9.82. The van der Waals surface area contributed by atoms with Gasteiger partial charge in [-0.15, -0.1) is 0 Å². The van der Waals surface area contributed by atoms with Crippen LogP contribution >= 0.6 is 0 Å². The third-order valence-electron chi connectivity index (χ3n) is 6.74. The summed E-state index contributed by atoms with van der Waals surface area (Å²) in [5.74, 6) is 0. The third-order valence-corrected chi connectivity index (χ3v) is 6.74. The summed E-state index contributed by atoms with van der Waals surface area (Å²) in [6, 6.07) is 34.7. The van der Waals surface area contributed by atoms with E-state index in [1.54, 1.807) is 14.2 Å². The van der Waals surface area contributed by atoms with Crippen molar-refractivity contribution in [2.75, 3.05) is 27.4 Å². The molecule has 2 atom stereocenters. The van der Waals surface area contributed by atoms with Crippen molar-refractivity contribution in [1.82, 2.24) is 0 Å². The Morgan fingerprint density at radius 3 is 1.02 bits per heavy atom. The molecule has 0 fully saturated rings. The Kier molecular flexibility index (Phi) is 28.0. The highest BCUT2D eigenvalue weighted by atomic mass is 16.7. The maximum absolute atomic E-state index is 5.32. The van der Waals surface area contributed by atoms with E-state index >= 15 is 0 Å². The van der Waals surface area contributed by atoms with E-state index in [9.17, 15) is 0 Å². The SMILES string of the molecule is CCC(C)(C)C.CCC(C)(C)c1ccccc1.COC(C)OCCCCOC(C)OC.c1ccccc1.c1ccccc1. The fourth-order valence-electron chi connectivity index (χ4n) is 2.70. The molecule has 244 valence electrons. The van der Waals surface area contributed by atoms with Gasteiger partial charge in [0.1, 0.15) is 0 Å². The normalized spacial score (nSPS) is 11.9. The summed E-state index contributed by atoms with van der Waals surface area (Å²) in [4.78, 5) is 0. The molecule has 0 heterocycles. The Morgan fingerprint density at radius 2 is 0.791 bits per heavy atom. The van der Waals surface area contributed by atoms with Gasteiger partial charge in [-0.2, -0.15) is 0 Å². The standard InChI is InChI=1S/C11H16.C10H22O4.2C6H6.C6H14/c1-4-11(2,3)10-8-6-5-7-9-10;1-9(11-3)13-7-5-6-8-14-10(2)12-4;2*1-2-4-6-5-3-1;1-5-6(2,3)4/h5-9H,4H2,1-3H3;9-10H,5-8H2,1-4H3;2*1-6H;5H2,1-4H3. The minimum absolute atomic E-state index is 0.117. The Balaban J connectivity index is 0. The molecule has 0 aromatic heterocycles. The predicted molar refractivity (Wildman–Crippen MR) is 186 cm³/mol. The van der Waals surface area contributed by atoms with Crippen LogP contribution in [0, 0.1) is 5.41 Å². The van der Waals surface area contributed by atoms with Crippen LogP contribution in [0.1, 0.15) is 93.6 Å². The van der Waals surface area contributed by atoms with E-state index < -0.39 is 0 Å². The lowest BCUT2D eigenvalue weighted by molar-refractivity contribution is -0.121. The number of hydrogen-bond donors (Lipinski definition) is 0. The average molecular weight is 597 g/mol. The van der Waals surface area contributed by atoms with Crippen LogP contribution in [-0.4, -0.2) is 40.0 Å². The van der Waals surface area contributed by atoms with Gasteiger partial charge in [-0.1, -0.05) is 158 Å². The summed E-state index contributed by atoms with van der Waals surface area (Å²) in [6.07, 6.45) is 4.18. The van der Waals surface area contributed by atoms with Crippen molar-refractivity contribution in [3.63, 3.8) is 0 Å². The van der Waals surface area contributed by atoms with Gasteiger partial charge in [0.25, 0.3) is 0 Å². The fraction of sp³-hybridized carbons (Fsp3) is 0.538. The van der Waals surface area contributed by atoms with Crippen molar-refractivity contribution in [3.05, 3.63) is 109 Å². The molecule has 3 aromatic rings. The third kappa shape index (κ3) is 30.8. The van der Waals surface area contributed by atoms with Gasteiger partial charge in [0, 0.05) is 27.4 Å². The minimum atomic E-state index is -0.117. The zero-order chi connectivity index (χ0) is 32.8. The second-order valence-electron chi connectivity index (χ2n) is 11.9. The largest absolute Gasteiger partial charge is 0.356 e. The molecule has 0 aliphatic heterocycles. The predicted octanol–water partition coefficient (Wildman–Crippen LogP) is 11.0. The van der Waals surface area contributed by atoms with Crippen molar-refractivity contribution in [1.29, 1.82) is 0 Å². The first-order valence-corrected chi connectivity index (χ1v) is 15.8. The van der Waals surface area contributed by atoms with Crippen LogP contribution in [0.15, 0.2) is 103 Å². The number of hydrogen-bond acceptors (Lipinski definition) is 4. The van der Waals surface area contributed by atoms with Gasteiger partial charge in [0.2, 0.25) is 0 Å². The average Bonchev–Trinajstić information content (AvgIpc) is 3.05. The van der Waals surface area contributed by atoms with Crippen LogP contribution in [0.4, 0.5) is 0 Å². The zero-order valence-corrected chi connectivity index (χ0v) is 29.3. The number of benzene rings is 3. The monoisotopic (exact) mass is 596 g/mol. The summed E-state index contributed by atoms with van der Waals surface area (Å²) in [7, 11) is 3.27. The van der Waals surface area contributed by atoms with Gasteiger partial charge in [0.05, 0.1) is 0 Å². The molecule has 0 radical (unpaired) electrons. The smallest absolute Gasteiger partial charge is 0.154 e. The van der Waals surface area contributed by atoms with Crippen molar-refractivity contribution < 1.29 is 18.9 Å². The molecule has 0 aliphatic rings. The van der Waals surface area contributed by atoms with Crippen molar-refractivity contribution in [2.24, 2.45) is 5.41 Å². The molecule has 4 nitrogen and oxygen atoms in total. The molecular weight excluding hydrogens is 532 g/mol. The van der Waals surface area contributed by atoms with E-state index in [1.807, 2.05) is 86.6 Å². The first-order valence-electron chi connectivity index (χ1n) is 15.8. The highest BCUT2D eigenvalue weighted by Gasteiger charge is 2.16. The second-order valence-corrected chi connectivity index (χ2v) is 11.9. The number of methoxy groups -OCH3 is 2. The van der Waals surface area contributed by atoms with Gasteiger partial charge in [-0.3, -0.25) is 0 Å². The van der Waals surface area contributed by atoms with Crippen LogP contribution in [0.25, 0.3) is 0 Å². The number of ether oxygens (including phenoxy) is 4. The molecule has 0 N–H and O–H groups in total. The molecule has 4 heteroatoms. The molecule has 43 heavy (non-hydrogen) atoms. The van der Waals surface area contributed by atoms with Crippen molar-refractivity contribution in [3.8, 4) is 0 Å². The zero-order valence-electron chi connectivity index (χ0n) is 29.3. The van der Waals surface area contributed by atoms with Gasteiger partial charge < -0.3 is 18.9 Å². The van der Waals surface area contributed by atoms with E-state index in [2.05, 4.69) is 78.8 Å². The van der Waals surface area contributed by atoms with Gasteiger partial charge in [0.15, 0.2) is 12.6 Å². The van der Waals surface area contributed by atoms with E-state index in [0.717, 1.165) is 12.8 Å². The Labute approximate surface area is 266 Å². The maximum atomic E-state index is 5.32. The molecule has 3 rings (SSSR count). The van der Waals surface area contributed by atoms with E-state index in [0.29, 0.717) is 24.0 Å². The fourth-order valence-corrected chi connectivity index (χ4v) is 2.70. The molecular formula is C39H64O4. The minimum Gasteiger partial charge on any atom is -0.356 e. The molecule has 0 amide bonds. The van der Waals surface area contributed by atoms with Crippen molar-refractivity contribution in [2.45, 2.75) is 106 Å². The lowest BCUT2D eigenvalue weighted by Crippen LogP contribution is -2.14. The van der Waals surface area contributed by atoms with Gasteiger partial charge in [-0.25, -0.2) is 0 Å². The Bertz CT molecular complexity index is 809. The first-order chi connectivity index (χ1) is 20.4. The maximum Gasteiger partial charge on any atom is 0.154 e. The Morgan fingerprint density at radius 1 is 0.512 bits per heavy atom. The van der Waals surface area contributed by atoms with Crippen LogP contribution in [-0.2, 0) is 24.4 Å². The lowest BCUT2D eigenvalue weighted by Gasteiger charge is -2.22. The number of rotatable bonds is 11. The summed E-state index contributed by atoms with van der Waals surface area (Å²) >= 11 is 0. The molecule has 3 aromatic carbocycles. The first kappa shape index (κ1) is 42.6. The highest BCUT2D eigenvalue weighted by Crippen LogP contribution is 2.25. The summed E-state index contributed by atoms with van der Waals surface area (Å²) < 4.78 is 20.5. The van der Waals surface area contributed by atoms with Crippen LogP contribution in [0.3, 0.4) is 0 Å². The van der Waals surface area contributed by atoms with Gasteiger partial charge in [-0.05, 0) is 49.5 Å². The van der Waals surface area contributed by atoms with E-state index in [4.69, 9.17) is 18.9 Å². The summed E-state index contributed by atoms with van der Waals surface area (Å²) in [5.41, 5.74) is 2.31. The van der Waals surface area contributed by atoms with Gasteiger partial charge >= 0.3 is 0 Å². The second kappa shape index (κ2) is 28.3. The summed E-state index contributed by atoms with van der Waals surface area (Å²) in [6.45, 7) is 20.9. The Hall–Kier alpha value is -2.50. The molecule has 0 bridgehead atoms. The summed E-state index contributed by atoms with van der Waals surface area (Å²) in [5, 5.41) is 0. The van der Waals surface area contributed by atoms with Crippen LogP contribution in [0.5, 0.6) is 0 Å². The van der Waals surface area contributed by atoms with Crippen molar-refractivity contribution >= 4 is 0 Å². The molecule has 0 aliphatic carbocycles. The quantitative estimate of drug-likeness (QED) is 0.163. The topological polar surface area (TPSA) is 36.9 Å². The number of unbranched alkanes of at least 4 members (excludes halogenated alkanes) is 1. The van der Waals surface area contributed by atoms with Crippen LogP contribution < -0.4 is 0 Å². The van der Waals surface area contributed by atoms with E-state index in [1.165, 1.54) is 18.4 Å². The molecule has 0 saturated heterocycles. The van der Waals surface area contributed by atoms with E-state index in [-0.39, 0.29) is 12.6 Å². The highest BCUT2D eigenvalue weighted by molar-refractivity contribution is 5.22. The molecule has 0 saturated carbocycles. The van der Waals surface area contributed by atoms with Crippen LogP contribution in [0.2, 0.25) is 0 Å². The molecule has 2 unspecified atom stereocenters. The molecule has 0 spiro atoms.